The van der Waals surface area contributed by atoms with Crippen molar-refractivity contribution in [1.29, 1.82) is 0 Å². The van der Waals surface area contributed by atoms with Gasteiger partial charge < -0.3 is 14.5 Å². The number of Topliss-reactive ketones (excluding diaryl/α,β-unsaturated/α-hetero) is 1. The molecule has 0 unspecified atom stereocenters. The minimum atomic E-state index is -1.15. The molecule has 3 rings (SSSR count). The van der Waals surface area contributed by atoms with Crippen LogP contribution < -0.4 is 10.7 Å². The molecule has 1 heterocycles. The first-order valence-corrected chi connectivity index (χ1v) is 8.98. The number of fused-ring (bicyclic) bond motifs is 1. The topological polar surface area (TPSA) is 103 Å². The lowest BCUT2D eigenvalue weighted by Gasteiger charge is -2.13. The molecule has 0 saturated heterocycles. The summed E-state index contributed by atoms with van der Waals surface area (Å²) >= 11 is 5.85. The van der Waals surface area contributed by atoms with E-state index in [0.717, 1.165) is 6.07 Å². The van der Waals surface area contributed by atoms with Gasteiger partial charge in [0.05, 0.1) is 5.39 Å². The van der Waals surface area contributed by atoms with Gasteiger partial charge in [0.2, 0.25) is 5.76 Å². The molecule has 29 heavy (non-hydrogen) atoms. The number of amides is 1. The molecule has 148 valence electrons. The lowest BCUT2D eigenvalue weighted by Crippen LogP contribution is -2.30. The zero-order chi connectivity index (χ0) is 21.1. The highest BCUT2D eigenvalue weighted by molar-refractivity contribution is 6.31. The van der Waals surface area contributed by atoms with Crippen LogP contribution in [0.25, 0.3) is 11.0 Å². The molecule has 0 aliphatic heterocycles. The first-order valence-electron chi connectivity index (χ1n) is 8.61. The summed E-state index contributed by atoms with van der Waals surface area (Å²) in [6.45, 7) is 2.82. The number of ketones is 1. The van der Waals surface area contributed by atoms with Crippen LogP contribution in [0.3, 0.4) is 0 Å². The maximum Gasteiger partial charge on any atom is 0.375 e. The van der Waals surface area contributed by atoms with Crippen molar-refractivity contribution in [1.82, 2.24) is 0 Å². The Morgan fingerprint density at radius 1 is 1.07 bits per heavy atom. The van der Waals surface area contributed by atoms with E-state index in [1.807, 2.05) is 0 Å². The first-order chi connectivity index (χ1) is 13.7. The third-order valence-corrected chi connectivity index (χ3v) is 4.34. The van der Waals surface area contributed by atoms with Crippen LogP contribution in [0.15, 0.2) is 57.7 Å². The quantitative estimate of drug-likeness (QED) is 0.503. The number of hydrogen-bond acceptors (Lipinski definition) is 6. The Labute approximate surface area is 170 Å². The van der Waals surface area contributed by atoms with E-state index in [1.165, 1.54) is 32.0 Å². The zero-order valence-electron chi connectivity index (χ0n) is 15.5. The summed E-state index contributed by atoms with van der Waals surface area (Å²) in [5, 5.41) is 3.17. The highest BCUT2D eigenvalue weighted by Crippen LogP contribution is 2.18. The van der Waals surface area contributed by atoms with Crippen LogP contribution in [0.2, 0.25) is 5.02 Å². The van der Waals surface area contributed by atoms with Crippen LogP contribution in [0.5, 0.6) is 0 Å². The maximum atomic E-state index is 12.3. The summed E-state index contributed by atoms with van der Waals surface area (Å²) in [5.41, 5.74) is 0.673. The average Bonchev–Trinajstić information content (AvgIpc) is 2.68. The fourth-order valence-electron chi connectivity index (χ4n) is 2.53. The third kappa shape index (κ3) is 4.70. The first kappa shape index (κ1) is 20.3. The summed E-state index contributed by atoms with van der Waals surface area (Å²) < 4.78 is 10.5. The van der Waals surface area contributed by atoms with Gasteiger partial charge in [0.1, 0.15) is 5.58 Å². The van der Waals surface area contributed by atoms with Crippen LogP contribution in [0.1, 0.15) is 34.8 Å². The number of hydrogen-bond donors (Lipinski definition) is 1. The Balaban J connectivity index is 1.70. The predicted octanol–water partition coefficient (Wildman–Crippen LogP) is 3.83. The Morgan fingerprint density at radius 3 is 2.41 bits per heavy atom. The molecule has 1 N–H and O–H groups in total. The number of carbonyl (C=O) groups is 3. The molecular weight excluding hydrogens is 398 g/mol. The molecule has 1 amide bonds. The normalized spacial score (nSPS) is 11.7. The van der Waals surface area contributed by atoms with Crippen LogP contribution in [0, 0.1) is 0 Å². The van der Waals surface area contributed by atoms with Crippen molar-refractivity contribution in [3.63, 3.8) is 0 Å². The Hall–Kier alpha value is -3.45. The van der Waals surface area contributed by atoms with E-state index in [0.29, 0.717) is 16.3 Å². The van der Waals surface area contributed by atoms with Crippen LogP contribution in [-0.2, 0) is 9.53 Å². The van der Waals surface area contributed by atoms with Crippen molar-refractivity contribution in [3.05, 3.63) is 75.1 Å². The summed E-state index contributed by atoms with van der Waals surface area (Å²) in [6.07, 6.45) is -1.15. The molecule has 3 aromatic rings. The van der Waals surface area contributed by atoms with E-state index >= 15 is 0 Å². The van der Waals surface area contributed by atoms with Gasteiger partial charge in [-0.3, -0.25) is 14.4 Å². The van der Waals surface area contributed by atoms with Gasteiger partial charge in [-0.15, -0.1) is 0 Å². The van der Waals surface area contributed by atoms with E-state index in [9.17, 15) is 19.2 Å². The van der Waals surface area contributed by atoms with Crippen molar-refractivity contribution >= 4 is 45.9 Å². The van der Waals surface area contributed by atoms with Crippen LogP contribution in [0.4, 0.5) is 5.69 Å². The average molecular weight is 414 g/mol. The van der Waals surface area contributed by atoms with Crippen LogP contribution >= 0.6 is 11.6 Å². The largest absolute Gasteiger partial charge is 0.449 e. The molecule has 2 aromatic carbocycles. The zero-order valence-corrected chi connectivity index (χ0v) is 16.3. The molecule has 0 radical (unpaired) electrons. The number of ether oxygens (including phenoxy) is 1. The molecule has 0 spiro atoms. The monoisotopic (exact) mass is 413 g/mol. The summed E-state index contributed by atoms with van der Waals surface area (Å²) in [5.74, 6) is -1.95. The molecule has 0 fully saturated rings. The highest BCUT2D eigenvalue weighted by Gasteiger charge is 2.22. The Bertz CT molecular complexity index is 1170. The van der Waals surface area contributed by atoms with Gasteiger partial charge in [-0.2, -0.15) is 0 Å². The molecule has 0 aliphatic rings. The molecule has 8 heteroatoms. The second-order valence-electron chi connectivity index (χ2n) is 6.29. The summed E-state index contributed by atoms with van der Waals surface area (Å²) in [6, 6.07) is 11.7. The number of anilines is 1. The summed E-state index contributed by atoms with van der Waals surface area (Å²) in [7, 11) is 0. The van der Waals surface area contributed by atoms with Crippen molar-refractivity contribution in [2.75, 3.05) is 5.32 Å². The number of halogens is 1. The smallest absolute Gasteiger partial charge is 0.375 e. The maximum absolute atomic E-state index is 12.3. The predicted molar refractivity (Wildman–Crippen MR) is 107 cm³/mol. The minimum absolute atomic E-state index is 0.0932. The number of esters is 1. The highest BCUT2D eigenvalue weighted by atomic mass is 35.5. The van der Waals surface area contributed by atoms with Crippen molar-refractivity contribution < 1.29 is 23.5 Å². The second kappa shape index (κ2) is 8.28. The molecule has 0 saturated carbocycles. The molecule has 0 aliphatic carbocycles. The van der Waals surface area contributed by atoms with E-state index in [-0.39, 0.29) is 22.5 Å². The standard InChI is InChI=1S/C21H16ClNO6/c1-11(24)13-3-6-15(7-4-13)23-20(26)12(2)28-21(27)19-10-17(25)16-9-14(22)5-8-18(16)29-19/h3-10,12H,1-2H3,(H,23,26)/t12-/m1/s1. The fraction of sp³-hybridized carbons (Fsp3) is 0.143. The minimum Gasteiger partial charge on any atom is -0.449 e. The van der Waals surface area contributed by atoms with Crippen molar-refractivity contribution in [2.24, 2.45) is 0 Å². The summed E-state index contributed by atoms with van der Waals surface area (Å²) in [4.78, 5) is 48.0. The third-order valence-electron chi connectivity index (χ3n) is 4.10. The Kier molecular flexibility index (Phi) is 5.79. The lowest BCUT2D eigenvalue weighted by molar-refractivity contribution is -0.123. The van der Waals surface area contributed by atoms with Gasteiger partial charge in [0.15, 0.2) is 17.3 Å². The van der Waals surface area contributed by atoms with Gasteiger partial charge in [-0.1, -0.05) is 11.6 Å². The fourth-order valence-corrected chi connectivity index (χ4v) is 2.71. The van der Waals surface area contributed by atoms with E-state index < -0.39 is 23.4 Å². The Morgan fingerprint density at radius 2 is 1.76 bits per heavy atom. The molecule has 1 atom stereocenters. The van der Waals surface area contributed by atoms with Gasteiger partial charge >= 0.3 is 5.97 Å². The molecule has 0 bridgehead atoms. The molecule has 7 nitrogen and oxygen atoms in total. The number of rotatable bonds is 5. The van der Waals surface area contributed by atoms with E-state index in [1.54, 1.807) is 24.3 Å². The van der Waals surface area contributed by atoms with Gasteiger partial charge in [-0.05, 0) is 56.3 Å². The molecule has 1 aromatic heterocycles. The second-order valence-corrected chi connectivity index (χ2v) is 6.72. The van der Waals surface area contributed by atoms with Gasteiger partial charge in [0.25, 0.3) is 5.91 Å². The SMILES string of the molecule is CC(=O)c1ccc(NC(=O)[C@@H](C)OC(=O)c2cc(=O)c3cc(Cl)ccc3o2)cc1. The van der Waals surface area contributed by atoms with Gasteiger partial charge in [-0.25, -0.2) is 4.79 Å². The van der Waals surface area contributed by atoms with Gasteiger partial charge in [0, 0.05) is 22.3 Å². The number of nitrogens with one attached hydrogen (secondary N) is 1. The van der Waals surface area contributed by atoms with E-state index in [4.69, 9.17) is 20.8 Å². The number of benzene rings is 2. The van der Waals surface area contributed by atoms with Crippen LogP contribution in [-0.4, -0.2) is 23.8 Å². The van der Waals surface area contributed by atoms with Crippen molar-refractivity contribution in [2.45, 2.75) is 20.0 Å². The lowest BCUT2D eigenvalue weighted by atomic mass is 10.1. The van der Waals surface area contributed by atoms with E-state index in [2.05, 4.69) is 5.32 Å². The number of carbonyl (C=O) groups excluding carboxylic acids is 3. The molecular formula is C21H16ClNO6. The van der Waals surface area contributed by atoms with Crippen molar-refractivity contribution in [3.8, 4) is 0 Å².